The third kappa shape index (κ3) is 7.81. The zero-order valence-corrected chi connectivity index (χ0v) is 18.2. The summed E-state index contributed by atoms with van der Waals surface area (Å²) in [6.45, 7) is 7.84. The van der Waals surface area contributed by atoms with Crippen LogP contribution in [0.4, 0.5) is 5.00 Å². The summed E-state index contributed by atoms with van der Waals surface area (Å²) in [6.07, 6.45) is 3.09. The van der Waals surface area contributed by atoms with E-state index in [1.165, 1.54) is 5.00 Å². The molecule has 0 unspecified atom stereocenters. The molecule has 0 aliphatic carbocycles. The average molecular weight is 479 g/mol. The Labute approximate surface area is 171 Å². The van der Waals surface area contributed by atoms with Crippen molar-refractivity contribution in [3.8, 4) is 0 Å². The zero-order chi connectivity index (χ0) is 17.2. The van der Waals surface area contributed by atoms with Gasteiger partial charge in [0.25, 0.3) is 0 Å². The van der Waals surface area contributed by atoms with E-state index in [1.807, 2.05) is 13.8 Å². The van der Waals surface area contributed by atoms with Gasteiger partial charge in [0.2, 0.25) is 5.91 Å². The van der Waals surface area contributed by atoms with Crippen molar-refractivity contribution in [3.63, 3.8) is 0 Å². The van der Waals surface area contributed by atoms with Crippen molar-refractivity contribution in [1.82, 2.24) is 16.0 Å². The highest BCUT2D eigenvalue weighted by atomic mass is 127. The Morgan fingerprint density at radius 1 is 1.32 bits per heavy atom. The lowest BCUT2D eigenvalue weighted by Gasteiger charge is -2.33. The van der Waals surface area contributed by atoms with E-state index in [4.69, 9.17) is 0 Å². The fourth-order valence-electron chi connectivity index (χ4n) is 2.68. The number of amides is 1. The van der Waals surface area contributed by atoms with E-state index in [0.717, 1.165) is 44.9 Å². The van der Waals surface area contributed by atoms with Crippen LogP contribution in [0.5, 0.6) is 0 Å². The number of anilines is 1. The lowest BCUT2D eigenvalue weighted by atomic mass is 10.1. The summed E-state index contributed by atoms with van der Waals surface area (Å²) in [4.78, 5) is 18.5. The Hall–Kier alpha value is -1.03. The first-order chi connectivity index (χ1) is 11.7. The van der Waals surface area contributed by atoms with Gasteiger partial charge in [0, 0.05) is 32.2 Å². The van der Waals surface area contributed by atoms with E-state index >= 15 is 0 Å². The molecule has 142 valence electrons. The van der Waals surface area contributed by atoms with Gasteiger partial charge in [-0.15, -0.1) is 35.3 Å². The fourth-order valence-corrected chi connectivity index (χ4v) is 3.46. The van der Waals surface area contributed by atoms with Gasteiger partial charge in [-0.3, -0.25) is 4.79 Å². The first kappa shape index (κ1) is 22.0. The number of hydrogen-bond donors (Lipinski definition) is 3. The number of nitrogens with zero attached hydrogens (tertiary/aromatic N) is 2. The summed E-state index contributed by atoms with van der Waals surface area (Å²) in [5.41, 5.74) is 0. The second-order valence-corrected chi connectivity index (χ2v) is 6.83. The van der Waals surface area contributed by atoms with Crippen LogP contribution in [0.15, 0.2) is 22.5 Å². The minimum absolute atomic E-state index is 0. The largest absolute Gasteiger partial charge is 0.363 e. The summed E-state index contributed by atoms with van der Waals surface area (Å²) in [6, 6.07) is 4.68. The number of carbonyl (C=O) groups is 1. The molecule has 1 aromatic heterocycles. The van der Waals surface area contributed by atoms with E-state index in [9.17, 15) is 4.79 Å². The van der Waals surface area contributed by atoms with Gasteiger partial charge in [-0.25, -0.2) is 4.99 Å². The smallest absolute Gasteiger partial charge is 0.241 e. The van der Waals surface area contributed by atoms with E-state index in [0.29, 0.717) is 12.6 Å². The highest BCUT2D eigenvalue weighted by Crippen LogP contribution is 2.24. The molecule has 0 spiro atoms. The maximum atomic E-state index is 11.7. The second kappa shape index (κ2) is 12.3. The van der Waals surface area contributed by atoms with Gasteiger partial charge in [-0.1, -0.05) is 6.92 Å². The molecule has 1 aromatic rings. The molecule has 8 heteroatoms. The van der Waals surface area contributed by atoms with Crippen LogP contribution >= 0.6 is 35.3 Å². The minimum Gasteiger partial charge on any atom is -0.363 e. The van der Waals surface area contributed by atoms with E-state index in [-0.39, 0.29) is 36.4 Å². The van der Waals surface area contributed by atoms with Crippen molar-refractivity contribution >= 4 is 52.2 Å². The molecule has 25 heavy (non-hydrogen) atoms. The maximum Gasteiger partial charge on any atom is 0.241 e. The van der Waals surface area contributed by atoms with Crippen LogP contribution in [-0.4, -0.2) is 50.6 Å². The lowest BCUT2D eigenvalue weighted by Crippen LogP contribution is -2.49. The molecule has 0 atom stereocenters. The van der Waals surface area contributed by atoms with E-state index in [1.54, 1.807) is 11.3 Å². The topological polar surface area (TPSA) is 68.8 Å². The van der Waals surface area contributed by atoms with Gasteiger partial charge in [0.15, 0.2) is 5.96 Å². The molecular weight excluding hydrogens is 449 g/mol. The molecule has 3 N–H and O–H groups in total. The Balaban J connectivity index is 0.00000312. The summed E-state index contributed by atoms with van der Waals surface area (Å²) in [7, 11) is 0. The molecule has 2 heterocycles. The molecule has 1 amide bonds. The van der Waals surface area contributed by atoms with Crippen molar-refractivity contribution in [1.29, 1.82) is 0 Å². The molecule has 1 saturated heterocycles. The van der Waals surface area contributed by atoms with Crippen molar-refractivity contribution < 1.29 is 4.79 Å². The van der Waals surface area contributed by atoms with Crippen LogP contribution in [0, 0.1) is 0 Å². The van der Waals surface area contributed by atoms with Crippen LogP contribution in [0.25, 0.3) is 0 Å². The Bertz CT molecular complexity index is 515. The van der Waals surface area contributed by atoms with Gasteiger partial charge in [0.1, 0.15) is 6.54 Å². The standard InChI is InChI=1S/C17H29N5OS.HI/c1-3-9-19-15(23)13-20-17(18-4-2)21-14-7-10-22(11-8-14)16-6-5-12-24-16;/h5-6,12,14H,3-4,7-11,13H2,1-2H3,(H,19,23)(H2,18,20,21);1H. The number of thiophene rings is 1. The van der Waals surface area contributed by atoms with Crippen molar-refractivity contribution in [2.45, 2.75) is 39.2 Å². The Kier molecular flexibility index (Phi) is 10.9. The average Bonchev–Trinajstić information content (AvgIpc) is 3.13. The molecular formula is C17H30IN5OS. The number of piperidine rings is 1. The molecule has 1 fully saturated rings. The fraction of sp³-hybridized carbons (Fsp3) is 0.647. The number of carbonyl (C=O) groups excluding carboxylic acids is 1. The summed E-state index contributed by atoms with van der Waals surface area (Å²) in [5.74, 6) is 0.709. The quantitative estimate of drug-likeness (QED) is 0.319. The van der Waals surface area contributed by atoms with Gasteiger partial charge < -0.3 is 20.9 Å². The van der Waals surface area contributed by atoms with Crippen molar-refractivity contribution in [2.75, 3.05) is 37.6 Å². The molecule has 6 nitrogen and oxygen atoms in total. The third-order valence-corrected chi connectivity index (χ3v) is 4.88. The van der Waals surface area contributed by atoms with Crippen LogP contribution in [0.3, 0.4) is 0 Å². The monoisotopic (exact) mass is 479 g/mol. The van der Waals surface area contributed by atoms with E-state index in [2.05, 4.69) is 43.4 Å². The van der Waals surface area contributed by atoms with Gasteiger partial charge in [0.05, 0.1) is 5.00 Å². The number of rotatable bonds is 7. The summed E-state index contributed by atoms with van der Waals surface area (Å²) >= 11 is 1.80. The normalized spacial score (nSPS) is 15.4. The van der Waals surface area contributed by atoms with Gasteiger partial charge in [-0.2, -0.15) is 0 Å². The lowest BCUT2D eigenvalue weighted by molar-refractivity contribution is -0.119. The molecule has 2 rings (SSSR count). The number of nitrogens with one attached hydrogen (secondary N) is 3. The number of halogens is 1. The van der Waals surface area contributed by atoms with E-state index < -0.39 is 0 Å². The number of aliphatic imine (C=N–C) groups is 1. The SMILES string of the molecule is CCCNC(=O)CN=C(NCC)NC1CCN(c2cccs2)CC1.I. The summed E-state index contributed by atoms with van der Waals surface area (Å²) in [5, 5.41) is 13.0. The first-order valence-electron chi connectivity index (χ1n) is 8.83. The van der Waals surface area contributed by atoms with Crippen LogP contribution in [0.2, 0.25) is 0 Å². The predicted octanol–water partition coefficient (Wildman–Crippen LogP) is 2.42. The third-order valence-electron chi connectivity index (χ3n) is 3.95. The zero-order valence-electron chi connectivity index (χ0n) is 15.1. The highest BCUT2D eigenvalue weighted by molar-refractivity contribution is 14.0. The van der Waals surface area contributed by atoms with Crippen molar-refractivity contribution in [2.24, 2.45) is 4.99 Å². The van der Waals surface area contributed by atoms with Gasteiger partial charge in [-0.05, 0) is 43.7 Å². The van der Waals surface area contributed by atoms with Crippen LogP contribution in [0.1, 0.15) is 33.1 Å². The highest BCUT2D eigenvalue weighted by Gasteiger charge is 2.20. The molecule has 0 bridgehead atoms. The molecule has 0 radical (unpaired) electrons. The second-order valence-electron chi connectivity index (χ2n) is 5.90. The molecule has 0 aromatic carbocycles. The van der Waals surface area contributed by atoms with Crippen LogP contribution < -0.4 is 20.9 Å². The number of guanidine groups is 1. The predicted molar refractivity (Wildman–Crippen MR) is 117 cm³/mol. The maximum absolute atomic E-state index is 11.7. The molecule has 0 saturated carbocycles. The van der Waals surface area contributed by atoms with Crippen molar-refractivity contribution in [3.05, 3.63) is 17.5 Å². The number of hydrogen-bond acceptors (Lipinski definition) is 4. The van der Waals surface area contributed by atoms with Gasteiger partial charge >= 0.3 is 0 Å². The minimum atomic E-state index is -0.0263. The van der Waals surface area contributed by atoms with Crippen LogP contribution in [-0.2, 0) is 4.79 Å². The Morgan fingerprint density at radius 2 is 2.08 bits per heavy atom. The molecule has 1 aliphatic rings. The Morgan fingerprint density at radius 3 is 2.68 bits per heavy atom. The molecule has 1 aliphatic heterocycles. The summed E-state index contributed by atoms with van der Waals surface area (Å²) < 4.78 is 0. The first-order valence-corrected chi connectivity index (χ1v) is 9.70.